The van der Waals surface area contributed by atoms with Crippen LogP contribution in [0.2, 0.25) is 0 Å². The van der Waals surface area contributed by atoms with E-state index in [9.17, 15) is 4.79 Å². The number of fused-ring (bicyclic) bond motifs is 3. The van der Waals surface area contributed by atoms with Crippen LogP contribution < -0.4 is 5.32 Å². The number of hydrogen-bond acceptors (Lipinski definition) is 2. The molecule has 0 unspecified atom stereocenters. The summed E-state index contributed by atoms with van der Waals surface area (Å²) in [5.74, 6) is 0.521. The van der Waals surface area contributed by atoms with Crippen LogP contribution in [0.5, 0.6) is 0 Å². The van der Waals surface area contributed by atoms with Gasteiger partial charge in [-0.15, -0.1) is 0 Å². The van der Waals surface area contributed by atoms with E-state index >= 15 is 0 Å². The Bertz CT molecular complexity index is 532. The molecule has 1 saturated carbocycles. The molecule has 0 aromatic heterocycles. The van der Waals surface area contributed by atoms with E-state index in [1.165, 1.54) is 24.0 Å². The van der Waals surface area contributed by atoms with Crippen molar-refractivity contribution >= 4 is 6.09 Å². The van der Waals surface area contributed by atoms with Crippen LogP contribution in [0, 0.1) is 5.92 Å². The van der Waals surface area contributed by atoms with E-state index in [1.807, 2.05) is 20.8 Å². The van der Waals surface area contributed by atoms with Crippen LogP contribution in [0.4, 0.5) is 4.79 Å². The number of nitrogens with one attached hydrogen (secondary N) is 1. The molecule has 2 aliphatic carbocycles. The summed E-state index contributed by atoms with van der Waals surface area (Å²) >= 11 is 0. The molecule has 3 heteroatoms. The molecule has 1 amide bonds. The highest BCUT2D eigenvalue weighted by Crippen LogP contribution is 2.51. The zero-order chi connectivity index (χ0) is 14.4. The molecule has 0 bridgehead atoms. The molecule has 1 fully saturated rings. The van der Waals surface area contributed by atoms with Crippen LogP contribution in [0.15, 0.2) is 24.3 Å². The van der Waals surface area contributed by atoms with E-state index in [-0.39, 0.29) is 11.6 Å². The van der Waals surface area contributed by atoms with Gasteiger partial charge in [-0.05, 0) is 57.1 Å². The molecule has 1 aromatic carbocycles. The first-order chi connectivity index (χ1) is 9.41. The molecule has 108 valence electrons. The van der Waals surface area contributed by atoms with Crippen LogP contribution >= 0.6 is 0 Å². The highest BCUT2D eigenvalue weighted by Gasteiger charge is 2.50. The zero-order valence-electron chi connectivity index (χ0n) is 12.5. The summed E-state index contributed by atoms with van der Waals surface area (Å²) in [5, 5.41) is 3.21. The maximum absolute atomic E-state index is 12.2. The molecule has 0 spiro atoms. The lowest BCUT2D eigenvalue weighted by Crippen LogP contribution is -2.48. The van der Waals surface area contributed by atoms with Gasteiger partial charge >= 0.3 is 6.09 Å². The van der Waals surface area contributed by atoms with Gasteiger partial charge in [0.05, 0.1) is 5.54 Å². The van der Waals surface area contributed by atoms with Crippen molar-refractivity contribution < 1.29 is 9.53 Å². The minimum absolute atomic E-state index is 0.196. The molecule has 0 saturated heterocycles. The summed E-state index contributed by atoms with van der Waals surface area (Å²) in [7, 11) is 0. The van der Waals surface area contributed by atoms with Gasteiger partial charge in [0.1, 0.15) is 5.60 Å². The second-order valence-electron chi connectivity index (χ2n) is 7.05. The van der Waals surface area contributed by atoms with Gasteiger partial charge in [0, 0.05) is 0 Å². The third-order valence-corrected chi connectivity index (χ3v) is 4.51. The smallest absolute Gasteiger partial charge is 0.408 e. The number of alkyl carbamates (subject to hydrolysis) is 1. The Hall–Kier alpha value is -1.51. The summed E-state index contributed by atoms with van der Waals surface area (Å²) < 4.78 is 5.47. The van der Waals surface area contributed by atoms with E-state index in [1.54, 1.807) is 0 Å². The number of ether oxygens (including phenoxy) is 1. The van der Waals surface area contributed by atoms with Crippen molar-refractivity contribution in [3.05, 3.63) is 35.4 Å². The molecule has 3 nitrogen and oxygen atoms in total. The second-order valence-corrected chi connectivity index (χ2v) is 7.05. The van der Waals surface area contributed by atoms with E-state index in [4.69, 9.17) is 4.74 Å². The zero-order valence-corrected chi connectivity index (χ0v) is 12.5. The average Bonchev–Trinajstić information content (AvgIpc) is 2.82. The third-order valence-electron chi connectivity index (χ3n) is 4.51. The Labute approximate surface area is 120 Å². The van der Waals surface area contributed by atoms with Crippen molar-refractivity contribution in [2.75, 3.05) is 0 Å². The van der Waals surface area contributed by atoms with Gasteiger partial charge in [0.15, 0.2) is 0 Å². The standard InChI is InChI=1S/C17H23NO2/c1-16(2,3)20-15(19)18-17-10-6-8-13(17)11-12-7-4-5-9-14(12)17/h4-5,7,9,13H,6,8,10-11H2,1-3H3,(H,18,19)/t13-,17+/m1/s1. The Balaban J connectivity index is 1.88. The number of amides is 1. The number of carbonyl (C=O) groups excluding carboxylic acids is 1. The minimum atomic E-state index is -0.451. The molecular formula is C17H23NO2. The Morgan fingerprint density at radius 1 is 1.35 bits per heavy atom. The highest BCUT2D eigenvalue weighted by molar-refractivity contribution is 5.70. The van der Waals surface area contributed by atoms with Crippen LogP contribution in [0.25, 0.3) is 0 Å². The van der Waals surface area contributed by atoms with Crippen LogP contribution in [0.3, 0.4) is 0 Å². The van der Waals surface area contributed by atoms with E-state index in [0.717, 1.165) is 12.8 Å². The first-order valence-corrected chi connectivity index (χ1v) is 7.50. The molecule has 0 aliphatic heterocycles. The van der Waals surface area contributed by atoms with Crippen molar-refractivity contribution in [1.29, 1.82) is 0 Å². The fourth-order valence-corrected chi connectivity index (χ4v) is 3.83. The molecule has 1 aromatic rings. The van der Waals surface area contributed by atoms with Crippen molar-refractivity contribution in [3.8, 4) is 0 Å². The van der Waals surface area contributed by atoms with Gasteiger partial charge in [-0.1, -0.05) is 30.7 Å². The highest BCUT2D eigenvalue weighted by atomic mass is 16.6. The maximum Gasteiger partial charge on any atom is 0.408 e. The number of rotatable bonds is 1. The van der Waals surface area contributed by atoms with Gasteiger partial charge in [-0.3, -0.25) is 0 Å². The van der Waals surface area contributed by atoms with Crippen LogP contribution in [-0.2, 0) is 16.7 Å². The van der Waals surface area contributed by atoms with Gasteiger partial charge < -0.3 is 10.1 Å². The van der Waals surface area contributed by atoms with Gasteiger partial charge in [0.2, 0.25) is 0 Å². The van der Waals surface area contributed by atoms with Crippen molar-refractivity contribution in [3.63, 3.8) is 0 Å². The number of hydrogen-bond donors (Lipinski definition) is 1. The number of carbonyl (C=O) groups is 1. The summed E-state index contributed by atoms with van der Waals surface area (Å²) in [6.07, 6.45) is 4.17. The molecule has 0 radical (unpaired) electrons. The van der Waals surface area contributed by atoms with Crippen molar-refractivity contribution in [2.45, 2.75) is 57.6 Å². The molecular weight excluding hydrogens is 250 g/mol. The lowest BCUT2D eigenvalue weighted by molar-refractivity contribution is 0.0431. The molecule has 2 aliphatic rings. The molecule has 3 rings (SSSR count). The van der Waals surface area contributed by atoms with Crippen LogP contribution in [-0.4, -0.2) is 11.7 Å². The third kappa shape index (κ3) is 2.19. The number of benzene rings is 1. The van der Waals surface area contributed by atoms with E-state index < -0.39 is 5.60 Å². The summed E-state index contributed by atoms with van der Waals surface area (Å²) in [6.45, 7) is 5.71. The van der Waals surface area contributed by atoms with Crippen molar-refractivity contribution in [1.82, 2.24) is 5.32 Å². The summed E-state index contributed by atoms with van der Waals surface area (Å²) in [4.78, 5) is 12.2. The average molecular weight is 273 g/mol. The maximum atomic E-state index is 12.2. The first kappa shape index (κ1) is 13.5. The van der Waals surface area contributed by atoms with Crippen LogP contribution in [0.1, 0.15) is 51.2 Å². The largest absolute Gasteiger partial charge is 0.444 e. The molecule has 0 heterocycles. The second kappa shape index (κ2) is 4.51. The quantitative estimate of drug-likeness (QED) is 0.846. The van der Waals surface area contributed by atoms with Crippen molar-refractivity contribution in [2.24, 2.45) is 5.92 Å². The Morgan fingerprint density at radius 2 is 2.10 bits per heavy atom. The normalized spacial score (nSPS) is 27.9. The summed E-state index contributed by atoms with van der Waals surface area (Å²) in [5.41, 5.74) is 2.04. The molecule has 2 atom stereocenters. The monoisotopic (exact) mass is 273 g/mol. The van der Waals surface area contributed by atoms with E-state index in [0.29, 0.717) is 5.92 Å². The SMILES string of the molecule is CC(C)(C)OC(=O)N[C@@]12CCC[C@@H]1Cc1ccccc12. The Kier molecular flexibility index (Phi) is 3.03. The van der Waals surface area contributed by atoms with Gasteiger partial charge in [-0.2, -0.15) is 0 Å². The first-order valence-electron chi connectivity index (χ1n) is 7.50. The molecule has 1 N–H and O–H groups in total. The fourth-order valence-electron chi connectivity index (χ4n) is 3.83. The lowest BCUT2D eigenvalue weighted by atomic mass is 9.86. The summed E-state index contributed by atoms with van der Waals surface area (Å²) in [6, 6.07) is 8.50. The van der Waals surface area contributed by atoms with Gasteiger partial charge in [-0.25, -0.2) is 4.79 Å². The predicted octanol–water partition coefficient (Wildman–Crippen LogP) is 3.76. The lowest BCUT2D eigenvalue weighted by Gasteiger charge is -2.33. The fraction of sp³-hybridized carbons (Fsp3) is 0.588. The predicted molar refractivity (Wildman–Crippen MR) is 78.5 cm³/mol. The Morgan fingerprint density at radius 3 is 2.85 bits per heavy atom. The van der Waals surface area contributed by atoms with Gasteiger partial charge in [0.25, 0.3) is 0 Å². The topological polar surface area (TPSA) is 38.3 Å². The molecule has 20 heavy (non-hydrogen) atoms. The van der Waals surface area contributed by atoms with E-state index in [2.05, 4.69) is 29.6 Å². The minimum Gasteiger partial charge on any atom is -0.444 e.